The molecule has 2 amide bonds. The first-order valence-corrected chi connectivity index (χ1v) is 9.14. The van der Waals surface area contributed by atoms with Gasteiger partial charge in [-0.1, -0.05) is 0 Å². The van der Waals surface area contributed by atoms with E-state index in [1.54, 1.807) is 23.1 Å². The predicted molar refractivity (Wildman–Crippen MR) is 98.6 cm³/mol. The number of carbonyl (C=O) groups is 2. The minimum Gasteiger partial charge on any atom is -0.444 e. The number of amides is 2. The summed E-state index contributed by atoms with van der Waals surface area (Å²) in [7, 11) is 0. The number of halogens is 2. The van der Waals surface area contributed by atoms with Crippen molar-refractivity contribution in [3.05, 3.63) is 52.6 Å². The quantitative estimate of drug-likeness (QED) is 0.820. The van der Waals surface area contributed by atoms with Crippen molar-refractivity contribution >= 4 is 33.4 Å². The molecule has 1 aliphatic rings. The number of benzene rings is 1. The first-order chi connectivity index (χ1) is 12.5. The second-order valence-electron chi connectivity index (χ2n) is 5.98. The van der Waals surface area contributed by atoms with E-state index in [4.69, 9.17) is 4.42 Å². The van der Waals surface area contributed by atoms with Gasteiger partial charge in [-0.15, -0.1) is 0 Å². The van der Waals surface area contributed by atoms with Crippen LogP contribution < -0.4 is 10.2 Å². The topological polar surface area (TPSA) is 65.8 Å². The zero-order valence-corrected chi connectivity index (χ0v) is 15.7. The Morgan fingerprint density at radius 3 is 2.54 bits per heavy atom. The highest BCUT2D eigenvalue weighted by atomic mass is 79.9. The Morgan fingerprint density at radius 2 is 1.85 bits per heavy atom. The Hall–Kier alpha value is -2.35. The lowest BCUT2D eigenvalue weighted by Gasteiger charge is -2.23. The lowest BCUT2D eigenvalue weighted by atomic mass is 10.2. The van der Waals surface area contributed by atoms with Crippen LogP contribution in [-0.2, 0) is 4.79 Å². The van der Waals surface area contributed by atoms with Crippen LogP contribution >= 0.6 is 15.9 Å². The van der Waals surface area contributed by atoms with E-state index in [1.807, 2.05) is 0 Å². The fraction of sp³-hybridized carbons (Fsp3) is 0.333. The van der Waals surface area contributed by atoms with Gasteiger partial charge < -0.3 is 19.5 Å². The Balaban J connectivity index is 1.51. The zero-order chi connectivity index (χ0) is 18.5. The van der Waals surface area contributed by atoms with Gasteiger partial charge in [-0.3, -0.25) is 9.59 Å². The molecule has 1 N–H and O–H groups in total. The SMILES string of the molecule is O=C(NCC(=O)N1CCCN(c2ccc(F)cc2)CC1)c1ccc(Br)o1. The molecule has 0 radical (unpaired) electrons. The van der Waals surface area contributed by atoms with Crippen LogP contribution in [0.1, 0.15) is 17.0 Å². The van der Waals surface area contributed by atoms with Gasteiger partial charge in [-0.05, 0) is 58.7 Å². The molecule has 1 aromatic carbocycles. The summed E-state index contributed by atoms with van der Waals surface area (Å²) in [4.78, 5) is 28.2. The van der Waals surface area contributed by atoms with Gasteiger partial charge in [0.1, 0.15) is 5.82 Å². The molecular formula is C18H19BrFN3O3. The average molecular weight is 424 g/mol. The average Bonchev–Trinajstić information content (AvgIpc) is 2.92. The molecule has 1 saturated heterocycles. The number of furan rings is 1. The van der Waals surface area contributed by atoms with Gasteiger partial charge in [-0.2, -0.15) is 0 Å². The molecule has 1 aliphatic heterocycles. The van der Waals surface area contributed by atoms with E-state index in [1.165, 1.54) is 18.2 Å². The molecule has 2 aromatic rings. The molecule has 0 saturated carbocycles. The van der Waals surface area contributed by atoms with Gasteiger partial charge in [-0.25, -0.2) is 4.39 Å². The Morgan fingerprint density at radius 1 is 1.08 bits per heavy atom. The number of nitrogens with zero attached hydrogens (tertiary/aromatic N) is 2. The summed E-state index contributed by atoms with van der Waals surface area (Å²) < 4.78 is 18.7. The van der Waals surface area contributed by atoms with Crippen molar-refractivity contribution in [3.8, 4) is 0 Å². The largest absolute Gasteiger partial charge is 0.444 e. The van der Waals surface area contributed by atoms with Crippen molar-refractivity contribution in [2.75, 3.05) is 37.6 Å². The summed E-state index contributed by atoms with van der Waals surface area (Å²) in [6, 6.07) is 9.52. The van der Waals surface area contributed by atoms with E-state index in [9.17, 15) is 14.0 Å². The molecule has 0 aliphatic carbocycles. The van der Waals surface area contributed by atoms with E-state index < -0.39 is 5.91 Å². The van der Waals surface area contributed by atoms with Crippen LogP contribution in [-0.4, -0.2) is 49.4 Å². The van der Waals surface area contributed by atoms with Crippen molar-refractivity contribution < 1.29 is 18.4 Å². The summed E-state index contributed by atoms with van der Waals surface area (Å²) in [5.74, 6) is -0.667. The number of nitrogens with one attached hydrogen (secondary N) is 1. The zero-order valence-electron chi connectivity index (χ0n) is 14.1. The fourth-order valence-corrected chi connectivity index (χ4v) is 3.17. The van der Waals surface area contributed by atoms with Crippen molar-refractivity contribution in [2.45, 2.75) is 6.42 Å². The number of rotatable bonds is 4. The van der Waals surface area contributed by atoms with Crippen LogP contribution in [0, 0.1) is 5.82 Å². The molecule has 26 heavy (non-hydrogen) atoms. The fourth-order valence-electron chi connectivity index (χ4n) is 2.87. The molecule has 6 nitrogen and oxygen atoms in total. The second-order valence-corrected chi connectivity index (χ2v) is 6.77. The lowest BCUT2D eigenvalue weighted by Crippen LogP contribution is -2.42. The minimum atomic E-state index is -0.424. The highest BCUT2D eigenvalue weighted by Gasteiger charge is 2.20. The summed E-state index contributed by atoms with van der Waals surface area (Å²) in [6.45, 7) is 2.56. The van der Waals surface area contributed by atoms with Crippen molar-refractivity contribution in [3.63, 3.8) is 0 Å². The van der Waals surface area contributed by atoms with Crippen molar-refractivity contribution in [2.24, 2.45) is 0 Å². The van der Waals surface area contributed by atoms with E-state index in [-0.39, 0.29) is 24.0 Å². The minimum absolute atomic E-state index is 0.0757. The molecule has 2 heterocycles. The number of hydrogen-bond acceptors (Lipinski definition) is 4. The molecule has 8 heteroatoms. The van der Waals surface area contributed by atoms with Gasteiger partial charge >= 0.3 is 0 Å². The Labute approximate surface area is 159 Å². The third-order valence-corrected chi connectivity index (χ3v) is 4.66. The summed E-state index contributed by atoms with van der Waals surface area (Å²) in [5, 5.41) is 2.58. The van der Waals surface area contributed by atoms with E-state index in [2.05, 4.69) is 26.1 Å². The van der Waals surface area contributed by atoms with E-state index >= 15 is 0 Å². The van der Waals surface area contributed by atoms with Crippen molar-refractivity contribution in [1.29, 1.82) is 0 Å². The van der Waals surface area contributed by atoms with Gasteiger partial charge in [0.2, 0.25) is 5.91 Å². The highest BCUT2D eigenvalue weighted by Crippen LogP contribution is 2.17. The molecule has 3 rings (SSSR count). The van der Waals surface area contributed by atoms with E-state index in [0.29, 0.717) is 24.3 Å². The molecule has 1 aromatic heterocycles. The summed E-state index contributed by atoms with van der Waals surface area (Å²) in [5.41, 5.74) is 0.942. The monoisotopic (exact) mass is 423 g/mol. The first-order valence-electron chi connectivity index (χ1n) is 8.35. The van der Waals surface area contributed by atoms with E-state index in [0.717, 1.165) is 18.7 Å². The second kappa shape index (κ2) is 8.35. The highest BCUT2D eigenvalue weighted by molar-refractivity contribution is 9.10. The molecule has 1 fully saturated rings. The van der Waals surface area contributed by atoms with Crippen LogP contribution in [0.4, 0.5) is 10.1 Å². The Bertz CT molecular complexity index is 778. The maximum atomic E-state index is 13.1. The van der Waals surface area contributed by atoms with Crippen LogP contribution in [0.15, 0.2) is 45.5 Å². The third-order valence-electron chi connectivity index (χ3n) is 4.24. The Kier molecular flexibility index (Phi) is 5.92. The maximum Gasteiger partial charge on any atom is 0.287 e. The van der Waals surface area contributed by atoms with Crippen LogP contribution in [0.2, 0.25) is 0 Å². The van der Waals surface area contributed by atoms with Crippen LogP contribution in [0.5, 0.6) is 0 Å². The molecule has 138 valence electrons. The van der Waals surface area contributed by atoms with Gasteiger partial charge in [0, 0.05) is 31.9 Å². The summed E-state index contributed by atoms with van der Waals surface area (Å²) in [6.07, 6.45) is 0.808. The number of hydrogen-bond donors (Lipinski definition) is 1. The van der Waals surface area contributed by atoms with Gasteiger partial charge in [0.25, 0.3) is 5.91 Å². The first kappa shape index (κ1) is 18.4. The number of carbonyl (C=O) groups excluding carboxylic acids is 2. The standard InChI is InChI=1S/C18H19BrFN3O3/c19-16-7-6-15(26-16)18(25)21-12-17(24)23-9-1-8-22(10-11-23)14-4-2-13(20)3-5-14/h2-7H,1,8-12H2,(H,21,25). The molecule has 0 spiro atoms. The normalized spacial score (nSPS) is 14.8. The van der Waals surface area contributed by atoms with Gasteiger partial charge in [0.15, 0.2) is 10.4 Å². The smallest absolute Gasteiger partial charge is 0.287 e. The molecule has 0 atom stereocenters. The number of anilines is 1. The molecule has 0 unspecified atom stereocenters. The molecule has 0 bridgehead atoms. The lowest BCUT2D eigenvalue weighted by molar-refractivity contribution is -0.129. The third kappa shape index (κ3) is 4.63. The van der Waals surface area contributed by atoms with Crippen LogP contribution in [0.3, 0.4) is 0 Å². The van der Waals surface area contributed by atoms with Crippen LogP contribution in [0.25, 0.3) is 0 Å². The van der Waals surface area contributed by atoms with Gasteiger partial charge in [0.05, 0.1) is 6.54 Å². The van der Waals surface area contributed by atoms with Crippen molar-refractivity contribution in [1.82, 2.24) is 10.2 Å². The maximum absolute atomic E-state index is 13.1. The summed E-state index contributed by atoms with van der Waals surface area (Å²) >= 11 is 3.13. The molecular weight excluding hydrogens is 405 g/mol. The predicted octanol–water partition coefficient (Wildman–Crippen LogP) is 2.65.